The molecule has 26 heavy (non-hydrogen) atoms. The van der Waals surface area contributed by atoms with E-state index in [9.17, 15) is 14.4 Å². The van der Waals surface area contributed by atoms with E-state index in [1.807, 2.05) is 0 Å². The number of likely N-dealkylation sites (tertiary alicyclic amines) is 1. The molecule has 1 atom stereocenters. The molecule has 140 valence electrons. The number of imide groups is 1. The molecule has 1 aromatic carbocycles. The Hall–Kier alpha value is -2.81. The van der Waals surface area contributed by atoms with Crippen molar-refractivity contribution in [1.82, 2.24) is 10.2 Å². The van der Waals surface area contributed by atoms with Crippen LogP contribution in [0.25, 0.3) is 0 Å². The second-order valence-corrected chi connectivity index (χ2v) is 6.27. The van der Waals surface area contributed by atoms with Crippen LogP contribution in [0.5, 0.6) is 11.5 Å². The molecule has 0 bridgehead atoms. The van der Waals surface area contributed by atoms with E-state index < -0.39 is 23.8 Å². The summed E-state index contributed by atoms with van der Waals surface area (Å²) in [7, 11) is 0. The number of carboxylic acid groups (broad SMARTS) is 1. The van der Waals surface area contributed by atoms with Crippen molar-refractivity contribution >= 4 is 23.6 Å². The normalized spacial score (nSPS) is 19.5. The van der Waals surface area contributed by atoms with Crippen molar-refractivity contribution in [2.45, 2.75) is 12.8 Å². The van der Waals surface area contributed by atoms with Crippen molar-refractivity contribution in [3.8, 4) is 11.5 Å². The zero-order valence-corrected chi connectivity index (χ0v) is 14.2. The van der Waals surface area contributed by atoms with Gasteiger partial charge < -0.3 is 19.9 Å². The smallest absolute Gasteiger partial charge is 0.325 e. The van der Waals surface area contributed by atoms with E-state index in [1.54, 1.807) is 23.1 Å². The predicted octanol–water partition coefficient (Wildman–Crippen LogP) is 0.902. The summed E-state index contributed by atoms with van der Waals surface area (Å²) in [6, 6.07) is 4.35. The summed E-state index contributed by atoms with van der Waals surface area (Å²) in [6.45, 7) is 1.93. The first kappa shape index (κ1) is 18.0. The Bertz CT molecular complexity index is 708. The number of fused-ring (bicyclic) bond motifs is 1. The summed E-state index contributed by atoms with van der Waals surface area (Å²) in [5, 5.41) is 13.8. The largest absolute Gasteiger partial charge is 0.490 e. The molecule has 1 unspecified atom stereocenters. The fourth-order valence-corrected chi connectivity index (χ4v) is 2.95. The fraction of sp³-hybridized carbons (Fsp3) is 0.471. The van der Waals surface area contributed by atoms with E-state index in [1.165, 1.54) is 0 Å². The molecule has 9 nitrogen and oxygen atoms in total. The van der Waals surface area contributed by atoms with Crippen molar-refractivity contribution in [2.75, 3.05) is 38.2 Å². The third-order valence-corrected chi connectivity index (χ3v) is 4.25. The predicted molar refractivity (Wildman–Crippen MR) is 91.4 cm³/mol. The Kier molecular flexibility index (Phi) is 5.57. The van der Waals surface area contributed by atoms with E-state index in [-0.39, 0.29) is 6.54 Å². The quantitative estimate of drug-likeness (QED) is 0.727. The number of carboxylic acids is 1. The van der Waals surface area contributed by atoms with Crippen LogP contribution in [-0.4, -0.2) is 60.8 Å². The van der Waals surface area contributed by atoms with E-state index >= 15 is 0 Å². The van der Waals surface area contributed by atoms with Gasteiger partial charge in [0.15, 0.2) is 11.5 Å². The maximum atomic E-state index is 12.0. The topological polar surface area (TPSA) is 117 Å². The number of anilines is 1. The highest BCUT2D eigenvalue weighted by atomic mass is 16.5. The summed E-state index contributed by atoms with van der Waals surface area (Å²) in [5.41, 5.74) is 0.478. The van der Waals surface area contributed by atoms with Gasteiger partial charge in [0.1, 0.15) is 0 Å². The lowest BCUT2D eigenvalue weighted by Crippen LogP contribution is -2.41. The number of urea groups is 1. The summed E-state index contributed by atoms with van der Waals surface area (Å²) < 4.78 is 11.1. The molecule has 3 N–H and O–H groups in total. The monoisotopic (exact) mass is 363 g/mol. The second kappa shape index (κ2) is 8.05. The number of hydrogen-bond donors (Lipinski definition) is 3. The van der Waals surface area contributed by atoms with Gasteiger partial charge >= 0.3 is 12.0 Å². The standard InChI is InChI=1S/C17H21N3O6/c21-15(10-20-5-4-11(9-20)16(22)23)19-17(24)18-12-2-3-13-14(8-12)26-7-1-6-25-13/h2-3,8,11H,1,4-7,9-10H2,(H,22,23)(H2,18,19,21,24). The van der Waals surface area contributed by atoms with Gasteiger partial charge in [0.2, 0.25) is 5.91 Å². The maximum Gasteiger partial charge on any atom is 0.325 e. The molecule has 2 heterocycles. The van der Waals surface area contributed by atoms with Crippen molar-refractivity contribution in [2.24, 2.45) is 5.92 Å². The van der Waals surface area contributed by atoms with Crippen LogP contribution in [0.2, 0.25) is 0 Å². The third-order valence-electron chi connectivity index (χ3n) is 4.25. The first-order valence-corrected chi connectivity index (χ1v) is 8.47. The highest BCUT2D eigenvalue weighted by Crippen LogP contribution is 2.32. The van der Waals surface area contributed by atoms with Crippen LogP contribution in [0.3, 0.4) is 0 Å². The van der Waals surface area contributed by atoms with Crippen LogP contribution >= 0.6 is 0 Å². The molecule has 1 aromatic rings. The van der Waals surface area contributed by atoms with Gasteiger partial charge in [-0.1, -0.05) is 0 Å². The average Bonchev–Trinajstić information content (AvgIpc) is 2.92. The van der Waals surface area contributed by atoms with E-state index in [0.29, 0.717) is 49.9 Å². The molecule has 3 amide bonds. The van der Waals surface area contributed by atoms with Crippen molar-refractivity contribution in [3.63, 3.8) is 0 Å². The first-order chi connectivity index (χ1) is 12.5. The Morgan fingerprint density at radius 1 is 1.19 bits per heavy atom. The van der Waals surface area contributed by atoms with Crippen molar-refractivity contribution in [1.29, 1.82) is 0 Å². The van der Waals surface area contributed by atoms with Crippen LogP contribution < -0.4 is 20.1 Å². The maximum absolute atomic E-state index is 12.0. The van der Waals surface area contributed by atoms with Gasteiger partial charge in [-0.05, 0) is 25.1 Å². The third kappa shape index (κ3) is 4.63. The number of benzene rings is 1. The van der Waals surface area contributed by atoms with E-state index in [2.05, 4.69) is 10.6 Å². The molecular weight excluding hydrogens is 342 g/mol. The first-order valence-electron chi connectivity index (χ1n) is 8.47. The lowest BCUT2D eigenvalue weighted by atomic mass is 10.1. The van der Waals surface area contributed by atoms with Gasteiger partial charge in [0.05, 0.1) is 25.7 Å². The fourth-order valence-electron chi connectivity index (χ4n) is 2.95. The van der Waals surface area contributed by atoms with Crippen molar-refractivity contribution in [3.05, 3.63) is 18.2 Å². The molecule has 0 aliphatic carbocycles. The van der Waals surface area contributed by atoms with Crippen LogP contribution in [-0.2, 0) is 9.59 Å². The number of ether oxygens (including phenoxy) is 2. The summed E-state index contributed by atoms with van der Waals surface area (Å²) in [5.74, 6) is -0.642. The number of rotatable bonds is 4. The second-order valence-electron chi connectivity index (χ2n) is 6.27. The Labute approximate surface area is 150 Å². The van der Waals surface area contributed by atoms with Crippen LogP contribution in [0.4, 0.5) is 10.5 Å². The van der Waals surface area contributed by atoms with E-state index in [4.69, 9.17) is 14.6 Å². The molecule has 0 spiro atoms. The minimum absolute atomic E-state index is 0.0155. The average molecular weight is 363 g/mol. The molecule has 0 radical (unpaired) electrons. The number of amides is 3. The molecule has 2 aliphatic rings. The molecule has 1 fully saturated rings. The van der Waals surface area contributed by atoms with Crippen LogP contribution in [0.15, 0.2) is 18.2 Å². The molecule has 2 aliphatic heterocycles. The Morgan fingerprint density at radius 2 is 1.96 bits per heavy atom. The number of aliphatic carboxylic acids is 1. The molecule has 9 heteroatoms. The summed E-state index contributed by atoms with van der Waals surface area (Å²) >= 11 is 0. The molecule has 0 saturated carbocycles. The summed E-state index contributed by atoms with van der Waals surface area (Å²) in [4.78, 5) is 36.6. The lowest BCUT2D eigenvalue weighted by Gasteiger charge is -2.15. The van der Waals surface area contributed by atoms with Crippen LogP contribution in [0.1, 0.15) is 12.8 Å². The van der Waals surface area contributed by atoms with Gasteiger partial charge in [-0.15, -0.1) is 0 Å². The minimum atomic E-state index is -0.861. The van der Waals surface area contributed by atoms with Gasteiger partial charge in [0, 0.05) is 24.7 Å². The zero-order chi connectivity index (χ0) is 18.5. The van der Waals surface area contributed by atoms with Crippen molar-refractivity contribution < 1.29 is 29.0 Å². The highest BCUT2D eigenvalue weighted by Gasteiger charge is 2.29. The Morgan fingerprint density at radius 3 is 2.69 bits per heavy atom. The summed E-state index contributed by atoms with van der Waals surface area (Å²) in [6.07, 6.45) is 1.29. The number of carbonyl (C=O) groups excluding carboxylic acids is 2. The van der Waals surface area contributed by atoms with E-state index in [0.717, 1.165) is 6.42 Å². The SMILES string of the molecule is O=C(CN1CCC(C(=O)O)C1)NC(=O)Nc1ccc2c(c1)OCCCO2. The van der Waals surface area contributed by atoms with Gasteiger partial charge in [-0.25, -0.2) is 4.79 Å². The molecule has 3 rings (SSSR count). The lowest BCUT2D eigenvalue weighted by molar-refractivity contribution is -0.141. The Balaban J connectivity index is 1.49. The van der Waals surface area contributed by atoms with Gasteiger partial charge in [0.25, 0.3) is 0 Å². The van der Waals surface area contributed by atoms with Gasteiger partial charge in [-0.3, -0.25) is 19.8 Å². The molecular formula is C17H21N3O6. The molecule has 0 aromatic heterocycles. The van der Waals surface area contributed by atoms with Gasteiger partial charge in [-0.2, -0.15) is 0 Å². The molecule has 1 saturated heterocycles. The number of carbonyl (C=O) groups is 3. The van der Waals surface area contributed by atoms with Crippen LogP contribution in [0, 0.1) is 5.92 Å². The highest BCUT2D eigenvalue weighted by molar-refractivity contribution is 6.01. The number of nitrogens with one attached hydrogen (secondary N) is 2. The zero-order valence-electron chi connectivity index (χ0n) is 14.2. The number of nitrogens with zero attached hydrogens (tertiary/aromatic N) is 1. The number of hydrogen-bond acceptors (Lipinski definition) is 6. The minimum Gasteiger partial charge on any atom is -0.490 e.